The molecule has 0 unspecified atom stereocenters. The Balaban J connectivity index is 1.17. The average molecular weight is 476 g/mol. The maximum atomic E-state index is 13.6. The molecule has 0 spiro atoms. The number of fused-ring (bicyclic) bond motifs is 2. The molecule has 1 saturated carbocycles. The van der Waals surface area contributed by atoms with Crippen molar-refractivity contribution < 1.29 is 19.1 Å². The van der Waals surface area contributed by atoms with Gasteiger partial charge in [-0.3, -0.25) is 9.59 Å². The van der Waals surface area contributed by atoms with Crippen LogP contribution in [0.3, 0.4) is 0 Å². The van der Waals surface area contributed by atoms with Gasteiger partial charge in [-0.25, -0.2) is 9.67 Å². The third kappa shape index (κ3) is 3.98. The van der Waals surface area contributed by atoms with E-state index < -0.39 is 6.10 Å². The molecule has 1 aromatic carbocycles. The second-order valence-electron chi connectivity index (χ2n) is 9.77. The average Bonchev–Trinajstić information content (AvgIpc) is 3.65. The van der Waals surface area contributed by atoms with Gasteiger partial charge in [0, 0.05) is 43.8 Å². The number of amides is 2. The maximum Gasteiger partial charge on any atom is 0.267 e. The summed E-state index contributed by atoms with van der Waals surface area (Å²) in [7, 11) is 0. The number of piperazine rings is 1. The summed E-state index contributed by atoms with van der Waals surface area (Å²) in [6.07, 6.45) is 3.31. The Labute approximate surface area is 203 Å². The van der Waals surface area contributed by atoms with Crippen molar-refractivity contribution in [2.45, 2.75) is 44.8 Å². The number of hydrogen-bond acceptors (Lipinski definition) is 6. The van der Waals surface area contributed by atoms with Gasteiger partial charge in [0.25, 0.3) is 11.8 Å². The van der Waals surface area contributed by atoms with E-state index in [9.17, 15) is 9.59 Å². The molecule has 2 aromatic heterocycles. The molecular weight excluding hydrogens is 446 g/mol. The van der Waals surface area contributed by atoms with Crippen LogP contribution in [0.2, 0.25) is 0 Å². The van der Waals surface area contributed by atoms with Gasteiger partial charge in [0.05, 0.1) is 17.1 Å². The van der Waals surface area contributed by atoms with Crippen molar-refractivity contribution in [3.8, 4) is 11.5 Å². The number of hydrogen-bond donors (Lipinski definition) is 0. The van der Waals surface area contributed by atoms with Crippen molar-refractivity contribution in [1.82, 2.24) is 24.6 Å². The highest BCUT2D eigenvalue weighted by molar-refractivity contribution is 6.05. The highest BCUT2D eigenvalue weighted by atomic mass is 16.6. The molecule has 9 heteroatoms. The quantitative estimate of drug-likeness (QED) is 0.576. The third-order valence-electron chi connectivity index (χ3n) is 6.96. The minimum absolute atomic E-state index is 0.0270. The van der Waals surface area contributed by atoms with E-state index in [1.54, 1.807) is 17.2 Å². The zero-order valence-electron chi connectivity index (χ0n) is 20.0. The predicted molar refractivity (Wildman–Crippen MR) is 129 cm³/mol. The van der Waals surface area contributed by atoms with Crippen molar-refractivity contribution in [2.75, 3.05) is 32.8 Å². The molecule has 2 amide bonds. The lowest BCUT2D eigenvalue weighted by molar-refractivity contribution is -0.142. The first-order valence-corrected chi connectivity index (χ1v) is 12.3. The van der Waals surface area contributed by atoms with Crippen molar-refractivity contribution >= 4 is 22.8 Å². The van der Waals surface area contributed by atoms with Crippen LogP contribution in [0, 0.1) is 0 Å². The Hall–Kier alpha value is -3.62. The van der Waals surface area contributed by atoms with Crippen molar-refractivity contribution in [2.24, 2.45) is 0 Å². The van der Waals surface area contributed by atoms with Crippen molar-refractivity contribution in [3.63, 3.8) is 0 Å². The summed E-state index contributed by atoms with van der Waals surface area (Å²) >= 11 is 0. The Morgan fingerprint density at radius 3 is 2.46 bits per heavy atom. The number of pyridine rings is 1. The Kier molecular flexibility index (Phi) is 5.35. The lowest BCUT2D eigenvalue weighted by atomic mass is 10.1. The Morgan fingerprint density at radius 2 is 1.74 bits per heavy atom. The summed E-state index contributed by atoms with van der Waals surface area (Å²) in [5, 5.41) is 5.30. The number of benzene rings is 1. The van der Waals surface area contributed by atoms with Gasteiger partial charge in [-0.1, -0.05) is 12.1 Å². The lowest BCUT2D eigenvalue weighted by Crippen LogP contribution is -2.55. The summed E-state index contributed by atoms with van der Waals surface area (Å²) in [5.41, 5.74) is 2.41. The van der Waals surface area contributed by atoms with Crippen LogP contribution < -0.4 is 9.47 Å². The number of ether oxygens (including phenoxy) is 2. The molecule has 3 aliphatic rings. The minimum atomic E-state index is -0.671. The van der Waals surface area contributed by atoms with Crippen LogP contribution in [0.4, 0.5) is 0 Å². The van der Waals surface area contributed by atoms with E-state index in [2.05, 4.69) is 18.9 Å². The van der Waals surface area contributed by atoms with Crippen LogP contribution in [0.25, 0.3) is 11.0 Å². The topological polar surface area (TPSA) is 89.8 Å². The van der Waals surface area contributed by atoms with Crippen LogP contribution in [0.15, 0.2) is 36.5 Å². The van der Waals surface area contributed by atoms with E-state index >= 15 is 0 Å². The highest BCUT2D eigenvalue weighted by Crippen LogP contribution is 2.40. The SMILES string of the molecule is CC(C)n1ncc2c(C(=O)N3CCN(C(=O)[C@@H]4COc5ccccc5O4)CC3)cc(C3CC3)nc21. The van der Waals surface area contributed by atoms with E-state index in [4.69, 9.17) is 14.5 Å². The Morgan fingerprint density at radius 1 is 1.03 bits per heavy atom. The fourth-order valence-corrected chi connectivity index (χ4v) is 4.83. The molecule has 1 atom stereocenters. The summed E-state index contributed by atoms with van der Waals surface area (Å²) in [4.78, 5) is 35.1. The molecule has 1 aliphatic carbocycles. The number of carbonyl (C=O) groups excluding carboxylic acids is 2. The van der Waals surface area contributed by atoms with E-state index in [1.807, 2.05) is 33.8 Å². The monoisotopic (exact) mass is 475 g/mol. The number of nitrogens with zero attached hydrogens (tertiary/aromatic N) is 5. The summed E-state index contributed by atoms with van der Waals surface area (Å²) in [6, 6.07) is 9.48. The van der Waals surface area contributed by atoms with Crippen LogP contribution in [-0.2, 0) is 4.79 Å². The van der Waals surface area contributed by atoms with E-state index in [0.29, 0.717) is 49.2 Å². The standard InChI is InChI=1S/C26H29N5O4/c1-16(2)31-24-19(14-27-31)18(13-20(28-24)17-7-8-17)25(32)29-9-11-30(12-10-29)26(33)23-15-34-21-5-3-4-6-22(21)35-23/h3-6,13-14,16-17,23H,7-12,15H2,1-2H3/t23-/m0/s1. The van der Waals surface area contributed by atoms with Gasteiger partial charge in [-0.05, 0) is 44.9 Å². The number of para-hydroxylation sites is 2. The molecule has 0 bridgehead atoms. The highest BCUT2D eigenvalue weighted by Gasteiger charge is 2.35. The van der Waals surface area contributed by atoms with Gasteiger partial charge < -0.3 is 19.3 Å². The third-order valence-corrected chi connectivity index (χ3v) is 6.96. The first-order valence-electron chi connectivity index (χ1n) is 12.3. The number of carbonyl (C=O) groups is 2. The lowest BCUT2D eigenvalue weighted by Gasteiger charge is -2.37. The van der Waals surface area contributed by atoms with E-state index in [1.165, 1.54) is 0 Å². The molecule has 9 nitrogen and oxygen atoms in total. The molecule has 0 radical (unpaired) electrons. The van der Waals surface area contributed by atoms with Crippen molar-refractivity contribution in [3.05, 3.63) is 47.8 Å². The molecule has 2 aliphatic heterocycles. The largest absolute Gasteiger partial charge is 0.485 e. The van der Waals surface area contributed by atoms with Crippen LogP contribution >= 0.6 is 0 Å². The Bertz CT molecular complexity index is 1290. The molecule has 4 heterocycles. The minimum Gasteiger partial charge on any atom is -0.485 e. The zero-order chi connectivity index (χ0) is 24.1. The number of rotatable bonds is 4. The molecule has 2 fully saturated rings. The van der Waals surface area contributed by atoms with Crippen LogP contribution in [0.5, 0.6) is 11.5 Å². The molecule has 6 rings (SSSR count). The smallest absolute Gasteiger partial charge is 0.267 e. The second kappa shape index (κ2) is 8.55. The van der Waals surface area contributed by atoms with Gasteiger partial charge >= 0.3 is 0 Å². The fourth-order valence-electron chi connectivity index (χ4n) is 4.83. The van der Waals surface area contributed by atoms with Gasteiger partial charge in [0.1, 0.15) is 6.61 Å². The maximum absolute atomic E-state index is 13.6. The first kappa shape index (κ1) is 21.9. The second-order valence-corrected chi connectivity index (χ2v) is 9.77. The van der Waals surface area contributed by atoms with Gasteiger partial charge in [-0.2, -0.15) is 5.10 Å². The summed E-state index contributed by atoms with van der Waals surface area (Å²) < 4.78 is 13.5. The van der Waals surface area contributed by atoms with Crippen molar-refractivity contribution in [1.29, 1.82) is 0 Å². The normalized spacial score (nSPS) is 19.9. The predicted octanol–water partition coefficient (Wildman–Crippen LogP) is 3.01. The summed E-state index contributed by atoms with van der Waals surface area (Å²) in [5.74, 6) is 1.54. The van der Waals surface area contributed by atoms with Gasteiger partial charge in [-0.15, -0.1) is 0 Å². The fraction of sp³-hybridized carbons (Fsp3) is 0.462. The molecule has 0 N–H and O–H groups in total. The summed E-state index contributed by atoms with van der Waals surface area (Å²) in [6.45, 7) is 6.17. The molecule has 182 valence electrons. The van der Waals surface area contributed by atoms with Crippen LogP contribution in [-0.4, -0.2) is 75.3 Å². The molecular formula is C26H29N5O4. The van der Waals surface area contributed by atoms with Gasteiger partial charge in [0.2, 0.25) is 6.10 Å². The van der Waals surface area contributed by atoms with Crippen LogP contribution in [0.1, 0.15) is 54.7 Å². The van der Waals surface area contributed by atoms with E-state index in [0.717, 1.165) is 29.6 Å². The molecule has 35 heavy (non-hydrogen) atoms. The first-order chi connectivity index (χ1) is 17.0. The zero-order valence-corrected chi connectivity index (χ0v) is 20.0. The molecule has 3 aromatic rings. The number of aromatic nitrogens is 3. The molecule has 1 saturated heterocycles. The van der Waals surface area contributed by atoms with E-state index in [-0.39, 0.29) is 24.5 Å². The van der Waals surface area contributed by atoms with Gasteiger partial charge in [0.15, 0.2) is 17.1 Å².